The van der Waals surface area contributed by atoms with E-state index in [0.717, 1.165) is 11.1 Å². The van der Waals surface area contributed by atoms with Crippen LogP contribution in [0.4, 0.5) is 9.59 Å². The van der Waals surface area contributed by atoms with Gasteiger partial charge in [0.25, 0.3) is 0 Å². The van der Waals surface area contributed by atoms with Crippen LogP contribution in [0, 0.1) is 0 Å². The first-order valence-corrected chi connectivity index (χ1v) is 12.9. The SMILES string of the molecule is COC(=O)[C@@H](CCCCNC(=O)OCc1ccccc1)NC(=O)[C@@H](Cc1ccccc1)NC(=O)OC(C)(C)C. The summed E-state index contributed by atoms with van der Waals surface area (Å²) in [6.07, 6.45) is 0.278. The van der Waals surface area contributed by atoms with Crippen molar-refractivity contribution in [2.45, 2.75) is 70.7 Å². The number of hydrogen-bond acceptors (Lipinski definition) is 7. The summed E-state index contributed by atoms with van der Waals surface area (Å²) in [6.45, 7) is 5.69. The molecule has 2 atom stereocenters. The van der Waals surface area contributed by atoms with Gasteiger partial charge in [0.2, 0.25) is 5.91 Å². The fourth-order valence-electron chi connectivity index (χ4n) is 3.61. The van der Waals surface area contributed by atoms with Crippen LogP contribution in [0.3, 0.4) is 0 Å². The van der Waals surface area contributed by atoms with Crippen molar-refractivity contribution in [3.8, 4) is 0 Å². The molecule has 0 fully saturated rings. The molecule has 2 aromatic carbocycles. The Balaban J connectivity index is 1.88. The fraction of sp³-hybridized carbons (Fsp3) is 0.448. The summed E-state index contributed by atoms with van der Waals surface area (Å²) in [4.78, 5) is 49.9. The molecule has 0 aliphatic carbocycles. The minimum Gasteiger partial charge on any atom is -0.467 e. The van der Waals surface area contributed by atoms with E-state index in [2.05, 4.69) is 16.0 Å². The molecule has 0 unspecified atom stereocenters. The lowest BCUT2D eigenvalue weighted by atomic mass is 10.0. The van der Waals surface area contributed by atoms with Gasteiger partial charge in [0.15, 0.2) is 0 Å². The van der Waals surface area contributed by atoms with E-state index in [1.54, 1.807) is 20.8 Å². The lowest BCUT2D eigenvalue weighted by molar-refractivity contribution is -0.145. The van der Waals surface area contributed by atoms with Crippen molar-refractivity contribution in [1.82, 2.24) is 16.0 Å². The number of ether oxygens (including phenoxy) is 3. The molecule has 0 saturated heterocycles. The Bertz CT molecular complexity index is 1060. The molecule has 2 aromatic rings. The van der Waals surface area contributed by atoms with E-state index in [1.165, 1.54) is 7.11 Å². The third kappa shape index (κ3) is 12.8. The third-order valence-corrected chi connectivity index (χ3v) is 5.49. The molecule has 212 valence electrons. The number of nitrogens with one attached hydrogen (secondary N) is 3. The van der Waals surface area contributed by atoms with Crippen LogP contribution in [0.2, 0.25) is 0 Å². The normalized spacial score (nSPS) is 12.4. The number of amides is 3. The largest absolute Gasteiger partial charge is 0.467 e. The van der Waals surface area contributed by atoms with Gasteiger partial charge in [0.05, 0.1) is 7.11 Å². The van der Waals surface area contributed by atoms with E-state index >= 15 is 0 Å². The van der Waals surface area contributed by atoms with Crippen LogP contribution in [0.5, 0.6) is 0 Å². The van der Waals surface area contributed by atoms with E-state index in [4.69, 9.17) is 14.2 Å². The van der Waals surface area contributed by atoms with Gasteiger partial charge in [0, 0.05) is 13.0 Å². The summed E-state index contributed by atoms with van der Waals surface area (Å²) >= 11 is 0. The Labute approximate surface area is 229 Å². The number of carbonyl (C=O) groups is 4. The highest BCUT2D eigenvalue weighted by Crippen LogP contribution is 2.10. The molecule has 0 saturated carbocycles. The molecule has 39 heavy (non-hydrogen) atoms. The van der Waals surface area contributed by atoms with Crippen LogP contribution >= 0.6 is 0 Å². The van der Waals surface area contributed by atoms with Crippen LogP contribution in [-0.4, -0.2) is 55.4 Å². The molecular formula is C29H39N3O7. The smallest absolute Gasteiger partial charge is 0.408 e. The maximum Gasteiger partial charge on any atom is 0.408 e. The zero-order valence-corrected chi connectivity index (χ0v) is 23.0. The highest BCUT2D eigenvalue weighted by Gasteiger charge is 2.29. The van der Waals surface area contributed by atoms with Gasteiger partial charge in [0.1, 0.15) is 24.3 Å². The number of hydrogen-bond donors (Lipinski definition) is 3. The van der Waals surface area contributed by atoms with Crippen molar-refractivity contribution in [3.05, 3.63) is 71.8 Å². The Morgan fingerprint density at radius 2 is 1.41 bits per heavy atom. The van der Waals surface area contributed by atoms with Gasteiger partial charge in [-0.1, -0.05) is 60.7 Å². The molecular weight excluding hydrogens is 502 g/mol. The average molecular weight is 542 g/mol. The zero-order chi connectivity index (χ0) is 28.7. The number of methoxy groups -OCH3 is 1. The van der Waals surface area contributed by atoms with Crippen LogP contribution in [-0.2, 0) is 36.8 Å². The Kier molecular flexibility index (Phi) is 12.8. The second kappa shape index (κ2) is 16.0. The Morgan fingerprint density at radius 3 is 2.00 bits per heavy atom. The lowest BCUT2D eigenvalue weighted by Gasteiger charge is -2.25. The molecule has 0 aromatic heterocycles. The van der Waals surface area contributed by atoms with Gasteiger partial charge in [-0.05, 0) is 51.2 Å². The summed E-state index contributed by atoms with van der Waals surface area (Å²) in [7, 11) is 1.24. The van der Waals surface area contributed by atoms with Crippen molar-refractivity contribution in [1.29, 1.82) is 0 Å². The quantitative estimate of drug-likeness (QED) is 0.199. The Hall–Kier alpha value is -4.08. The standard InChI is InChI=1S/C29H39N3O7/c1-29(2,3)39-28(36)32-24(19-21-13-7-5-8-14-21)25(33)31-23(26(34)37-4)17-11-12-18-30-27(35)38-20-22-15-9-6-10-16-22/h5-10,13-16,23-24H,11-12,17-20H2,1-4H3,(H,30,35)(H,31,33)(H,32,36)/t23-,24-/m1/s1. The molecule has 0 aliphatic heterocycles. The number of alkyl carbamates (subject to hydrolysis) is 2. The zero-order valence-electron chi connectivity index (χ0n) is 23.0. The van der Waals surface area contributed by atoms with E-state index in [-0.39, 0.29) is 19.4 Å². The first-order chi connectivity index (χ1) is 18.6. The van der Waals surface area contributed by atoms with Gasteiger partial charge < -0.3 is 30.2 Å². The van der Waals surface area contributed by atoms with E-state index in [1.807, 2.05) is 60.7 Å². The van der Waals surface area contributed by atoms with E-state index < -0.39 is 41.7 Å². The fourth-order valence-corrected chi connectivity index (χ4v) is 3.61. The molecule has 3 N–H and O–H groups in total. The predicted octanol–water partition coefficient (Wildman–Crippen LogP) is 3.88. The van der Waals surface area contributed by atoms with E-state index in [9.17, 15) is 19.2 Å². The number of unbranched alkanes of at least 4 members (excludes halogenated alkanes) is 1. The van der Waals surface area contributed by atoms with Crippen LogP contribution in [0.25, 0.3) is 0 Å². The summed E-state index contributed by atoms with van der Waals surface area (Å²) in [6, 6.07) is 16.6. The van der Waals surface area contributed by atoms with E-state index in [0.29, 0.717) is 19.4 Å². The van der Waals surface area contributed by atoms with Crippen molar-refractivity contribution < 1.29 is 33.4 Å². The summed E-state index contributed by atoms with van der Waals surface area (Å²) in [5.41, 5.74) is 0.971. The van der Waals surface area contributed by atoms with Gasteiger partial charge >= 0.3 is 18.2 Å². The van der Waals surface area contributed by atoms with Gasteiger partial charge in [-0.25, -0.2) is 14.4 Å². The molecule has 0 aliphatic rings. The number of rotatable bonds is 13. The second-order valence-electron chi connectivity index (χ2n) is 9.96. The maximum atomic E-state index is 13.2. The van der Waals surface area contributed by atoms with Crippen LogP contribution in [0.15, 0.2) is 60.7 Å². The number of carbonyl (C=O) groups excluding carboxylic acids is 4. The predicted molar refractivity (Wildman–Crippen MR) is 146 cm³/mol. The highest BCUT2D eigenvalue weighted by molar-refractivity contribution is 5.89. The maximum absolute atomic E-state index is 13.2. The number of esters is 1. The van der Waals surface area contributed by atoms with Crippen LogP contribution in [0.1, 0.15) is 51.2 Å². The van der Waals surface area contributed by atoms with Gasteiger partial charge in [-0.2, -0.15) is 0 Å². The topological polar surface area (TPSA) is 132 Å². The minimum atomic E-state index is -0.976. The number of benzene rings is 2. The van der Waals surface area contributed by atoms with Crippen molar-refractivity contribution in [3.63, 3.8) is 0 Å². The van der Waals surface area contributed by atoms with Crippen molar-refractivity contribution >= 4 is 24.1 Å². The van der Waals surface area contributed by atoms with Crippen molar-refractivity contribution in [2.75, 3.05) is 13.7 Å². The summed E-state index contributed by atoms with van der Waals surface area (Å²) in [5, 5.41) is 7.98. The third-order valence-electron chi connectivity index (χ3n) is 5.49. The summed E-state index contributed by atoms with van der Waals surface area (Å²) in [5.74, 6) is -1.14. The van der Waals surface area contributed by atoms with Gasteiger partial charge in [-0.15, -0.1) is 0 Å². The van der Waals surface area contributed by atoms with Crippen LogP contribution < -0.4 is 16.0 Å². The first kappa shape index (κ1) is 31.1. The molecule has 10 nitrogen and oxygen atoms in total. The molecule has 0 spiro atoms. The molecule has 0 radical (unpaired) electrons. The Morgan fingerprint density at radius 1 is 0.795 bits per heavy atom. The minimum absolute atomic E-state index is 0.171. The monoisotopic (exact) mass is 541 g/mol. The lowest BCUT2D eigenvalue weighted by Crippen LogP contribution is -2.53. The highest BCUT2D eigenvalue weighted by atomic mass is 16.6. The molecule has 3 amide bonds. The molecule has 10 heteroatoms. The molecule has 0 heterocycles. The van der Waals surface area contributed by atoms with Crippen molar-refractivity contribution in [2.24, 2.45) is 0 Å². The molecule has 2 rings (SSSR count). The van der Waals surface area contributed by atoms with Gasteiger partial charge in [-0.3, -0.25) is 4.79 Å². The average Bonchev–Trinajstić information content (AvgIpc) is 2.90. The first-order valence-electron chi connectivity index (χ1n) is 12.9. The summed E-state index contributed by atoms with van der Waals surface area (Å²) < 4.78 is 15.4. The molecule has 0 bridgehead atoms. The second-order valence-corrected chi connectivity index (χ2v) is 9.96.